The molecule has 2 bridgehead atoms. The van der Waals surface area contributed by atoms with Crippen LogP contribution in [0.5, 0.6) is 11.5 Å². The van der Waals surface area contributed by atoms with Gasteiger partial charge >= 0.3 is 12.1 Å². The molecule has 3 fully saturated rings. The molecule has 0 spiro atoms. The lowest BCUT2D eigenvalue weighted by molar-refractivity contribution is -0.130. The number of hydrogen-bond acceptors (Lipinski definition) is 11. The first-order valence-corrected chi connectivity index (χ1v) is 23.5. The Morgan fingerprint density at radius 3 is 2.29 bits per heavy atom. The Kier molecular flexibility index (Phi) is 16.2. The SMILES string of the molecule is O=C(NC(c1ccccc1)c1cccc(OCc2ccc(C(=O)OCCCN(CCCNCC(O)c3ccc(O)c4[nH]c(=O)ccc34)C(=O)Cc3ccccc3)cc2)c1)O[C@H]1CN2CCC1CC2. The minimum absolute atomic E-state index is 0.0381. The number of pyridine rings is 1. The number of benzene rings is 5. The van der Waals surface area contributed by atoms with Crippen LogP contribution in [0, 0.1) is 5.92 Å². The Hall–Kier alpha value is -7.00. The Morgan fingerprint density at radius 1 is 0.809 bits per heavy atom. The molecule has 0 saturated carbocycles. The first-order valence-electron chi connectivity index (χ1n) is 23.5. The number of carbonyl (C=O) groups excluding carboxylic acids is 3. The highest BCUT2D eigenvalue weighted by atomic mass is 16.6. The number of ether oxygens (including phenoxy) is 3. The summed E-state index contributed by atoms with van der Waals surface area (Å²) in [6, 6.07) is 39.6. The van der Waals surface area contributed by atoms with Crippen molar-refractivity contribution in [1.29, 1.82) is 0 Å². The maximum Gasteiger partial charge on any atom is 0.408 e. The monoisotopic (exact) mass is 921 g/mol. The summed E-state index contributed by atoms with van der Waals surface area (Å²) in [5.41, 5.74) is 4.43. The molecule has 6 aromatic rings. The summed E-state index contributed by atoms with van der Waals surface area (Å²) < 4.78 is 17.8. The summed E-state index contributed by atoms with van der Waals surface area (Å²) in [5.74, 6) is 0.461. The fourth-order valence-corrected chi connectivity index (χ4v) is 9.07. The summed E-state index contributed by atoms with van der Waals surface area (Å²) in [6.45, 7) is 4.89. The number of rotatable bonds is 21. The minimum atomic E-state index is -0.899. The van der Waals surface area contributed by atoms with Gasteiger partial charge in [-0.3, -0.25) is 14.5 Å². The number of nitrogens with zero attached hydrogens (tertiary/aromatic N) is 2. The van der Waals surface area contributed by atoms with E-state index in [0.717, 1.165) is 54.7 Å². The van der Waals surface area contributed by atoms with Crippen LogP contribution in [0.4, 0.5) is 4.79 Å². The third kappa shape index (κ3) is 12.7. The zero-order chi connectivity index (χ0) is 47.2. The standard InChI is InChI=1S/C54H59N5O9/c60-46-22-20-44(45-21-23-49(62)56-52(45)46)47(61)34-55-26-8-27-59(50(63)32-37-10-3-1-4-11-37)28-9-31-66-53(64)41-18-16-38(17-19-41)36-67-43-15-7-14-42(33-43)51(40-12-5-2-6-13-40)57-54(65)68-48-35-58-29-24-39(48)25-30-58/h1-7,10-23,33,39,47-48,51,55,60-61H,8-9,24-32,34-36H2,(H,56,62)(H,57,65)/t47?,48-,51?/m0/s1. The van der Waals surface area contributed by atoms with E-state index in [4.69, 9.17) is 14.2 Å². The van der Waals surface area contributed by atoms with Gasteiger partial charge in [0, 0.05) is 37.6 Å². The summed E-state index contributed by atoms with van der Waals surface area (Å²) in [5, 5.41) is 28.1. The van der Waals surface area contributed by atoms with E-state index in [9.17, 15) is 29.4 Å². The molecule has 2 amide bonds. The van der Waals surface area contributed by atoms with E-state index in [1.54, 1.807) is 29.2 Å². The molecule has 14 nitrogen and oxygen atoms in total. The van der Waals surface area contributed by atoms with Gasteiger partial charge in [0.25, 0.3) is 0 Å². The number of aromatic amines is 1. The lowest BCUT2D eigenvalue weighted by atomic mass is 9.86. The molecule has 3 atom stereocenters. The molecule has 2 unspecified atom stereocenters. The van der Waals surface area contributed by atoms with Crippen LogP contribution in [-0.2, 0) is 27.3 Å². The number of aromatic nitrogens is 1. The van der Waals surface area contributed by atoms with E-state index in [1.807, 2.05) is 97.1 Å². The van der Waals surface area contributed by atoms with Gasteiger partial charge in [-0.2, -0.15) is 0 Å². The largest absolute Gasteiger partial charge is 0.506 e. The van der Waals surface area contributed by atoms with Crippen molar-refractivity contribution in [3.8, 4) is 11.5 Å². The van der Waals surface area contributed by atoms with Crippen LogP contribution in [0.3, 0.4) is 0 Å². The number of hydrogen-bond donors (Lipinski definition) is 5. The zero-order valence-corrected chi connectivity index (χ0v) is 38.1. The summed E-state index contributed by atoms with van der Waals surface area (Å²) in [6.07, 6.45) is 1.97. The molecule has 354 valence electrons. The average Bonchev–Trinajstić information content (AvgIpc) is 3.36. The molecule has 5 aromatic carbocycles. The number of nitrogens with one attached hydrogen (secondary N) is 3. The van der Waals surface area contributed by atoms with Crippen molar-refractivity contribution in [2.24, 2.45) is 5.92 Å². The smallest absolute Gasteiger partial charge is 0.408 e. The lowest BCUT2D eigenvalue weighted by Gasteiger charge is -2.43. The molecular formula is C54H59N5O9. The van der Waals surface area contributed by atoms with Gasteiger partial charge in [0.15, 0.2) is 0 Å². The maximum atomic E-state index is 13.5. The molecule has 1 aromatic heterocycles. The Morgan fingerprint density at radius 2 is 1.54 bits per heavy atom. The second-order valence-corrected chi connectivity index (χ2v) is 17.5. The lowest BCUT2D eigenvalue weighted by Crippen LogP contribution is -2.52. The molecule has 4 heterocycles. The van der Waals surface area contributed by atoms with Gasteiger partial charge in [0.05, 0.1) is 36.3 Å². The van der Waals surface area contributed by atoms with Crippen LogP contribution in [0.25, 0.3) is 10.9 Å². The molecule has 0 aliphatic carbocycles. The predicted octanol–water partition coefficient (Wildman–Crippen LogP) is 7.05. The number of amides is 2. The van der Waals surface area contributed by atoms with Gasteiger partial charge in [-0.1, -0.05) is 91.0 Å². The summed E-state index contributed by atoms with van der Waals surface area (Å²) in [7, 11) is 0. The topological polar surface area (TPSA) is 183 Å². The number of fused-ring (bicyclic) bond motifs is 4. The van der Waals surface area contributed by atoms with E-state index in [0.29, 0.717) is 60.7 Å². The van der Waals surface area contributed by atoms with Gasteiger partial charge < -0.3 is 44.9 Å². The van der Waals surface area contributed by atoms with Gasteiger partial charge in [0.2, 0.25) is 11.5 Å². The number of esters is 1. The fraction of sp³-hybridized carbons (Fsp3) is 0.333. The van der Waals surface area contributed by atoms with Crippen LogP contribution in [-0.4, -0.2) is 101 Å². The number of aromatic hydroxyl groups is 1. The van der Waals surface area contributed by atoms with E-state index in [1.165, 1.54) is 12.1 Å². The van der Waals surface area contributed by atoms with Crippen LogP contribution in [0.2, 0.25) is 0 Å². The zero-order valence-electron chi connectivity index (χ0n) is 38.1. The van der Waals surface area contributed by atoms with Crippen LogP contribution in [0.15, 0.2) is 138 Å². The number of carbonyl (C=O) groups is 3. The van der Waals surface area contributed by atoms with Crippen molar-refractivity contribution >= 4 is 28.9 Å². The average molecular weight is 922 g/mol. The molecule has 9 rings (SSSR count). The van der Waals surface area contributed by atoms with Crippen LogP contribution in [0.1, 0.15) is 76.0 Å². The number of phenolic OH excluding ortho intramolecular Hbond substituents is 1. The summed E-state index contributed by atoms with van der Waals surface area (Å²) >= 11 is 0. The second kappa shape index (κ2) is 23.1. The van der Waals surface area contributed by atoms with E-state index in [-0.39, 0.29) is 55.0 Å². The Balaban J connectivity index is 0.796. The van der Waals surface area contributed by atoms with Gasteiger partial charge in [-0.25, -0.2) is 9.59 Å². The fourth-order valence-electron chi connectivity index (χ4n) is 9.07. The molecule has 68 heavy (non-hydrogen) atoms. The summed E-state index contributed by atoms with van der Waals surface area (Å²) in [4.78, 5) is 58.4. The third-order valence-electron chi connectivity index (χ3n) is 12.8. The van der Waals surface area contributed by atoms with Crippen molar-refractivity contribution in [3.05, 3.63) is 177 Å². The van der Waals surface area contributed by atoms with Crippen LogP contribution < -0.4 is 20.9 Å². The van der Waals surface area contributed by atoms with Crippen LogP contribution >= 0.6 is 0 Å². The number of H-pyrrole nitrogens is 1. The molecule has 3 aliphatic heterocycles. The number of phenols is 1. The van der Waals surface area contributed by atoms with Crippen molar-refractivity contribution in [1.82, 2.24) is 25.4 Å². The van der Waals surface area contributed by atoms with Crippen molar-refractivity contribution in [3.63, 3.8) is 0 Å². The van der Waals surface area contributed by atoms with Gasteiger partial charge in [-0.05, 0) is 115 Å². The number of piperidine rings is 3. The second-order valence-electron chi connectivity index (χ2n) is 17.5. The van der Waals surface area contributed by atoms with E-state index < -0.39 is 24.2 Å². The number of aliphatic hydroxyl groups is 1. The number of alkyl carbamates (subject to hydrolysis) is 1. The van der Waals surface area contributed by atoms with Crippen molar-refractivity contribution < 1.29 is 38.8 Å². The highest BCUT2D eigenvalue weighted by Crippen LogP contribution is 2.32. The molecule has 0 radical (unpaired) electrons. The predicted molar refractivity (Wildman–Crippen MR) is 258 cm³/mol. The van der Waals surface area contributed by atoms with Crippen molar-refractivity contribution in [2.75, 3.05) is 52.4 Å². The minimum Gasteiger partial charge on any atom is -0.506 e. The molecule has 14 heteroatoms. The van der Waals surface area contributed by atoms with E-state index in [2.05, 4.69) is 20.5 Å². The Bertz CT molecular complexity index is 2670. The van der Waals surface area contributed by atoms with Crippen molar-refractivity contribution in [2.45, 2.75) is 57.0 Å². The highest BCUT2D eigenvalue weighted by Gasteiger charge is 2.37. The first-order chi connectivity index (χ1) is 33.2. The molecule has 3 saturated heterocycles. The highest BCUT2D eigenvalue weighted by molar-refractivity contribution is 5.89. The maximum absolute atomic E-state index is 13.5. The molecule has 3 aliphatic rings. The quantitative estimate of drug-likeness (QED) is 0.0369. The first kappa shape index (κ1) is 47.5. The molecule has 5 N–H and O–H groups in total. The van der Waals surface area contributed by atoms with E-state index >= 15 is 0 Å². The van der Waals surface area contributed by atoms with Gasteiger partial charge in [0.1, 0.15) is 24.2 Å². The number of aliphatic hydroxyl groups excluding tert-OH is 1. The normalized spacial score (nSPS) is 17.2. The molecular weight excluding hydrogens is 863 g/mol. The Labute approximate surface area is 395 Å². The van der Waals surface area contributed by atoms with Gasteiger partial charge in [-0.15, -0.1) is 0 Å². The third-order valence-corrected chi connectivity index (χ3v) is 12.8.